The molecular formula is C18H28N2O3S2. The fourth-order valence-electron chi connectivity index (χ4n) is 3.46. The van der Waals surface area contributed by atoms with Crippen LogP contribution in [0.1, 0.15) is 17.5 Å². The standard InChI is InChI=1S/C18H28N2O3S2/c1-15-4-5-16(2)18(12-15)25(21,22)20-6-3-11-24-14-17(20)13-19-7-9-23-10-8-19/h4-5,12,17H,3,6-11,13-14H2,1-2H3/t17-/m1/s1. The first kappa shape index (κ1) is 19.2. The minimum Gasteiger partial charge on any atom is -0.379 e. The van der Waals surface area contributed by atoms with E-state index in [2.05, 4.69) is 4.90 Å². The van der Waals surface area contributed by atoms with E-state index in [9.17, 15) is 8.42 Å². The van der Waals surface area contributed by atoms with Crippen molar-refractivity contribution in [1.82, 2.24) is 9.21 Å². The summed E-state index contributed by atoms with van der Waals surface area (Å²) in [6.45, 7) is 8.49. The third-order valence-corrected chi connectivity index (χ3v) is 8.18. The number of sulfonamides is 1. The monoisotopic (exact) mass is 384 g/mol. The highest BCUT2D eigenvalue weighted by Gasteiger charge is 2.34. The van der Waals surface area contributed by atoms with Crippen LogP contribution >= 0.6 is 11.8 Å². The van der Waals surface area contributed by atoms with Crippen molar-refractivity contribution in [3.05, 3.63) is 29.3 Å². The van der Waals surface area contributed by atoms with Crippen molar-refractivity contribution in [2.24, 2.45) is 0 Å². The van der Waals surface area contributed by atoms with Gasteiger partial charge in [0.25, 0.3) is 0 Å². The summed E-state index contributed by atoms with van der Waals surface area (Å²) in [5, 5.41) is 0. The maximum Gasteiger partial charge on any atom is 0.243 e. The number of hydrogen-bond acceptors (Lipinski definition) is 5. The van der Waals surface area contributed by atoms with Crippen LogP contribution in [0.25, 0.3) is 0 Å². The second-order valence-electron chi connectivity index (χ2n) is 6.88. The molecule has 2 heterocycles. The van der Waals surface area contributed by atoms with Gasteiger partial charge in [0.15, 0.2) is 0 Å². The van der Waals surface area contributed by atoms with Gasteiger partial charge in [0.1, 0.15) is 0 Å². The normalized spacial score (nSPS) is 24.2. The van der Waals surface area contributed by atoms with E-state index < -0.39 is 10.0 Å². The molecule has 0 spiro atoms. The van der Waals surface area contributed by atoms with Crippen LogP contribution in [0.3, 0.4) is 0 Å². The molecule has 2 fully saturated rings. The lowest BCUT2D eigenvalue weighted by atomic mass is 10.2. The minimum absolute atomic E-state index is 0.0236. The zero-order chi connectivity index (χ0) is 17.9. The summed E-state index contributed by atoms with van der Waals surface area (Å²) in [5.74, 6) is 1.89. The molecular weight excluding hydrogens is 356 g/mol. The topological polar surface area (TPSA) is 49.9 Å². The number of thioether (sulfide) groups is 1. The summed E-state index contributed by atoms with van der Waals surface area (Å²) in [4.78, 5) is 2.80. The molecule has 0 unspecified atom stereocenters. The van der Waals surface area contributed by atoms with Gasteiger partial charge in [-0.3, -0.25) is 4.90 Å². The van der Waals surface area contributed by atoms with Crippen LogP contribution in [-0.4, -0.2) is 74.6 Å². The van der Waals surface area contributed by atoms with E-state index in [0.29, 0.717) is 11.4 Å². The smallest absolute Gasteiger partial charge is 0.243 e. The second-order valence-corrected chi connectivity index (χ2v) is 9.89. The second kappa shape index (κ2) is 8.39. The summed E-state index contributed by atoms with van der Waals surface area (Å²) >= 11 is 1.87. The molecule has 2 saturated heterocycles. The fraction of sp³-hybridized carbons (Fsp3) is 0.667. The maximum atomic E-state index is 13.4. The maximum absolute atomic E-state index is 13.4. The van der Waals surface area contributed by atoms with Crippen molar-refractivity contribution in [3.63, 3.8) is 0 Å². The zero-order valence-electron chi connectivity index (χ0n) is 15.1. The van der Waals surface area contributed by atoms with Gasteiger partial charge in [-0.05, 0) is 43.2 Å². The van der Waals surface area contributed by atoms with Crippen LogP contribution < -0.4 is 0 Å². The van der Waals surface area contributed by atoms with Crippen LogP contribution in [0.4, 0.5) is 0 Å². The van der Waals surface area contributed by atoms with E-state index in [0.717, 1.165) is 61.9 Å². The summed E-state index contributed by atoms with van der Waals surface area (Å²) in [6.07, 6.45) is 0.911. The van der Waals surface area contributed by atoms with Gasteiger partial charge in [-0.2, -0.15) is 16.1 Å². The largest absolute Gasteiger partial charge is 0.379 e. The lowest BCUT2D eigenvalue weighted by molar-refractivity contribution is 0.0309. The molecule has 3 rings (SSSR count). The first-order valence-electron chi connectivity index (χ1n) is 8.95. The number of morpholine rings is 1. The highest BCUT2D eigenvalue weighted by atomic mass is 32.2. The van der Waals surface area contributed by atoms with Crippen LogP contribution in [0.15, 0.2) is 23.1 Å². The molecule has 1 aromatic carbocycles. The molecule has 140 valence electrons. The molecule has 5 nitrogen and oxygen atoms in total. The molecule has 25 heavy (non-hydrogen) atoms. The quantitative estimate of drug-likeness (QED) is 0.796. The van der Waals surface area contributed by atoms with Crippen molar-refractivity contribution < 1.29 is 13.2 Å². The molecule has 0 aromatic heterocycles. The molecule has 0 aliphatic carbocycles. The van der Waals surface area contributed by atoms with Crippen molar-refractivity contribution in [3.8, 4) is 0 Å². The van der Waals surface area contributed by atoms with E-state index in [4.69, 9.17) is 4.74 Å². The average molecular weight is 385 g/mol. The lowest BCUT2D eigenvalue weighted by Gasteiger charge is -2.35. The summed E-state index contributed by atoms with van der Waals surface area (Å²) in [6, 6.07) is 5.72. The highest BCUT2D eigenvalue weighted by Crippen LogP contribution is 2.27. The van der Waals surface area contributed by atoms with E-state index in [1.807, 2.05) is 43.8 Å². The average Bonchev–Trinajstić information content (AvgIpc) is 2.84. The van der Waals surface area contributed by atoms with E-state index in [-0.39, 0.29) is 6.04 Å². The molecule has 0 amide bonds. The first-order valence-corrected chi connectivity index (χ1v) is 11.5. The molecule has 1 aromatic rings. The van der Waals surface area contributed by atoms with Crippen LogP contribution in [0, 0.1) is 13.8 Å². The van der Waals surface area contributed by atoms with Crippen LogP contribution in [0.5, 0.6) is 0 Å². The number of rotatable bonds is 4. The molecule has 7 heteroatoms. The summed E-state index contributed by atoms with van der Waals surface area (Å²) in [5.41, 5.74) is 1.81. The van der Waals surface area contributed by atoms with Gasteiger partial charge in [-0.15, -0.1) is 0 Å². The minimum atomic E-state index is -3.48. The van der Waals surface area contributed by atoms with E-state index in [1.54, 1.807) is 4.31 Å². The van der Waals surface area contributed by atoms with Gasteiger partial charge >= 0.3 is 0 Å². The number of hydrogen-bond donors (Lipinski definition) is 0. The van der Waals surface area contributed by atoms with E-state index in [1.165, 1.54) is 0 Å². The fourth-order valence-corrected chi connectivity index (χ4v) is 6.58. The van der Waals surface area contributed by atoms with Crippen molar-refractivity contribution in [1.29, 1.82) is 0 Å². The van der Waals surface area contributed by atoms with Crippen molar-refractivity contribution in [2.75, 3.05) is 50.9 Å². The number of benzene rings is 1. The zero-order valence-corrected chi connectivity index (χ0v) is 16.7. The van der Waals surface area contributed by atoms with Gasteiger partial charge < -0.3 is 4.74 Å². The Bertz CT molecular complexity index is 688. The third-order valence-electron chi connectivity index (χ3n) is 4.89. The summed E-state index contributed by atoms with van der Waals surface area (Å²) < 4.78 is 34.1. The predicted molar refractivity (Wildman–Crippen MR) is 103 cm³/mol. The van der Waals surface area contributed by atoms with E-state index >= 15 is 0 Å². The Morgan fingerprint density at radius 2 is 1.96 bits per heavy atom. The number of ether oxygens (including phenoxy) is 1. The first-order chi connectivity index (χ1) is 12.0. The third kappa shape index (κ3) is 4.57. The molecule has 0 N–H and O–H groups in total. The van der Waals surface area contributed by atoms with Crippen LogP contribution in [-0.2, 0) is 14.8 Å². The molecule has 2 aliphatic heterocycles. The molecule has 2 aliphatic rings. The Morgan fingerprint density at radius 3 is 2.72 bits per heavy atom. The SMILES string of the molecule is Cc1ccc(C)c(S(=O)(=O)N2CCCSC[C@H]2CN2CCOCC2)c1. The molecule has 1 atom stereocenters. The highest BCUT2D eigenvalue weighted by molar-refractivity contribution is 7.99. The van der Waals surface area contributed by atoms with Gasteiger partial charge in [-0.1, -0.05) is 12.1 Å². The Morgan fingerprint density at radius 1 is 1.20 bits per heavy atom. The van der Waals surface area contributed by atoms with Gasteiger partial charge in [0, 0.05) is 38.0 Å². The number of nitrogens with zero attached hydrogens (tertiary/aromatic N) is 2. The molecule has 0 saturated carbocycles. The molecule has 0 radical (unpaired) electrons. The van der Waals surface area contributed by atoms with Crippen LogP contribution in [0.2, 0.25) is 0 Å². The predicted octanol–water partition coefficient (Wildman–Crippen LogP) is 2.13. The summed E-state index contributed by atoms with van der Waals surface area (Å²) in [7, 11) is -3.48. The molecule has 0 bridgehead atoms. The van der Waals surface area contributed by atoms with Gasteiger partial charge in [-0.25, -0.2) is 8.42 Å². The Labute approximate surface area is 155 Å². The van der Waals surface area contributed by atoms with Crippen molar-refractivity contribution in [2.45, 2.75) is 31.2 Å². The van der Waals surface area contributed by atoms with Crippen molar-refractivity contribution >= 4 is 21.8 Å². The Kier molecular flexibility index (Phi) is 6.44. The van der Waals surface area contributed by atoms with Gasteiger partial charge in [0.05, 0.1) is 18.1 Å². The Balaban J connectivity index is 1.87. The van der Waals surface area contributed by atoms with Gasteiger partial charge in [0.2, 0.25) is 10.0 Å². The number of aryl methyl sites for hydroxylation is 2. The Hall–Kier alpha value is -0.600. The lowest BCUT2D eigenvalue weighted by Crippen LogP contribution is -2.50.